The van der Waals surface area contributed by atoms with Gasteiger partial charge in [-0.1, -0.05) is 18.2 Å². The molecule has 1 heterocycles. The predicted molar refractivity (Wildman–Crippen MR) is 86.0 cm³/mol. The largest absolute Gasteiger partial charge is 0.352 e. The average Bonchev–Trinajstić information content (AvgIpc) is 3.11. The van der Waals surface area contributed by atoms with Gasteiger partial charge in [0.15, 0.2) is 0 Å². The fourth-order valence-electron chi connectivity index (χ4n) is 2.30. The van der Waals surface area contributed by atoms with Gasteiger partial charge >= 0.3 is 0 Å². The Balaban J connectivity index is 1.57. The molecular weight excluding hydrogens is 293 g/mol. The lowest BCUT2D eigenvalue weighted by Crippen LogP contribution is -2.25. The Kier molecular flexibility index (Phi) is 4.47. The van der Waals surface area contributed by atoms with Gasteiger partial charge in [0.05, 0.1) is 5.69 Å². The normalized spacial score (nSPS) is 10.5. The van der Waals surface area contributed by atoms with Crippen LogP contribution in [0.5, 0.6) is 0 Å². The monoisotopic (exact) mass is 309 g/mol. The van der Waals surface area contributed by atoms with Gasteiger partial charge in [-0.25, -0.2) is 9.07 Å². The smallest absolute Gasteiger partial charge is 0.251 e. The fraction of sp³-hybridized carbons (Fsp3) is 0.111. The molecule has 0 spiro atoms. The second-order valence-electron chi connectivity index (χ2n) is 5.09. The molecule has 0 bridgehead atoms. The number of benzene rings is 2. The van der Waals surface area contributed by atoms with Crippen molar-refractivity contribution in [2.45, 2.75) is 6.42 Å². The van der Waals surface area contributed by atoms with Gasteiger partial charge in [0.2, 0.25) is 0 Å². The number of carbonyl (C=O) groups is 1. The molecule has 2 aromatic carbocycles. The molecule has 3 rings (SSSR count). The number of nitrogens with zero attached hydrogens (tertiary/aromatic N) is 2. The summed E-state index contributed by atoms with van der Waals surface area (Å²) >= 11 is 0. The van der Waals surface area contributed by atoms with Gasteiger partial charge < -0.3 is 5.32 Å². The summed E-state index contributed by atoms with van der Waals surface area (Å²) in [5.74, 6) is -0.418. The molecule has 0 saturated carbocycles. The van der Waals surface area contributed by atoms with Crippen LogP contribution in [0.15, 0.2) is 67.0 Å². The van der Waals surface area contributed by atoms with Gasteiger partial charge in [-0.05, 0) is 48.4 Å². The SMILES string of the molecule is O=C(NCCc1ccccc1F)c1ccc(-n2cccn2)cc1. The van der Waals surface area contributed by atoms with Crippen LogP contribution >= 0.6 is 0 Å². The maximum absolute atomic E-state index is 13.5. The van der Waals surface area contributed by atoms with E-state index in [0.717, 1.165) is 5.69 Å². The Morgan fingerprint density at radius 1 is 1.09 bits per heavy atom. The zero-order valence-electron chi connectivity index (χ0n) is 12.4. The topological polar surface area (TPSA) is 46.9 Å². The van der Waals surface area contributed by atoms with Gasteiger partial charge in [0, 0.05) is 24.5 Å². The molecular formula is C18H16FN3O. The highest BCUT2D eigenvalue weighted by atomic mass is 19.1. The lowest BCUT2D eigenvalue weighted by molar-refractivity contribution is 0.0954. The molecule has 1 N–H and O–H groups in total. The van der Waals surface area contributed by atoms with E-state index in [1.54, 1.807) is 41.2 Å². The molecule has 0 aliphatic heterocycles. The Bertz CT molecular complexity index is 782. The van der Waals surface area contributed by atoms with Crippen molar-refractivity contribution < 1.29 is 9.18 Å². The van der Waals surface area contributed by atoms with Crippen molar-refractivity contribution in [3.8, 4) is 5.69 Å². The third-order valence-electron chi connectivity index (χ3n) is 3.54. The Morgan fingerprint density at radius 2 is 1.87 bits per heavy atom. The number of rotatable bonds is 5. The molecule has 0 saturated heterocycles. The highest BCUT2D eigenvalue weighted by Gasteiger charge is 2.06. The maximum atomic E-state index is 13.5. The van der Waals surface area contributed by atoms with Crippen molar-refractivity contribution in [1.29, 1.82) is 0 Å². The number of halogens is 1. The van der Waals surface area contributed by atoms with Crippen LogP contribution in [-0.4, -0.2) is 22.2 Å². The summed E-state index contributed by atoms with van der Waals surface area (Å²) < 4.78 is 15.2. The van der Waals surface area contributed by atoms with Crippen LogP contribution in [0.4, 0.5) is 4.39 Å². The van der Waals surface area contributed by atoms with Gasteiger partial charge in [-0.15, -0.1) is 0 Å². The molecule has 0 aliphatic rings. The molecule has 0 radical (unpaired) electrons. The van der Waals surface area contributed by atoms with E-state index >= 15 is 0 Å². The first kappa shape index (κ1) is 15.0. The molecule has 0 fully saturated rings. The van der Waals surface area contributed by atoms with Gasteiger partial charge in [0.1, 0.15) is 5.82 Å². The first-order chi connectivity index (χ1) is 11.2. The quantitative estimate of drug-likeness (QED) is 0.787. The van der Waals surface area contributed by atoms with Crippen LogP contribution in [0.2, 0.25) is 0 Å². The molecule has 0 unspecified atom stereocenters. The maximum Gasteiger partial charge on any atom is 0.251 e. The third kappa shape index (κ3) is 3.63. The number of hydrogen-bond acceptors (Lipinski definition) is 2. The lowest BCUT2D eigenvalue weighted by Gasteiger charge is -2.07. The van der Waals surface area contributed by atoms with E-state index in [-0.39, 0.29) is 11.7 Å². The minimum absolute atomic E-state index is 0.173. The summed E-state index contributed by atoms with van der Waals surface area (Å²) in [6.07, 6.45) is 4.00. The molecule has 0 atom stereocenters. The van der Waals surface area contributed by atoms with Crippen molar-refractivity contribution in [2.75, 3.05) is 6.54 Å². The Labute approximate surface area is 133 Å². The van der Waals surface area contributed by atoms with Crippen molar-refractivity contribution in [3.05, 3.63) is 83.9 Å². The molecule has 1 amide bonds. The lowest BCUT2D eigenvalue weighted by atomic mass is 10.1. The first-order valence-electron chi connectivity index (χ1n) is 7.36. The summed E-state index contributed by atoms with van der Waals surface area (Å²) in [4.78, 5) is 12.1. The second-order valence-corrected chi connectivity index (χ2v) is 5.09. The van der Waals surface area contributed by atoms with Crippen molar-refractivity contribution in [3.63, 3.8) is 0 Å². The van der Waals surface area contributed by atoms with Crippen LogP contribution in [0, 0.1) is 5.82 Å². The van der Waals surface area contributed by atoms with Crippen molar-refractivity contribution in [1.82, 2.24) is 15.1 Å². The number of hydrogen-bond donors (Lipinski definition) is 1. The van der Waals surface area contributed by atoms with E-state index in [2.05, 4.69) is 10.4 Å². The molecule has 4 nitrogen and oxygen atoms in total. The molecule has 1 aromatic heterocycles. The predicted octanol–water partition coefficient (Wildman–Crippen LogP) is 2.98. The fourth-order valence-corrected chi connectivity index (χ4v) is 2.30. The third-order valence-corrected chi connectivity index (χ3v) is 3.54. The zero-order valence-corrected chi connectivity index (χ0v) is 12.4. The van der Waals surface area contributed by atoms with Crippen LogP contribution < -0.4 is 5.32 Å². The summed E-state index contributed by atoms with van der Waals surface area (Å²) in [6.45, 7) is 0.390. The molecule has 23 heavy (non-hydrogen) atoms. The Hall–Kier alpha value is -2.95. The van der Waals surface area contributed by atoms with Crippen LogP contribution in [0.25, 0.3) is 5.69 Å². The summed E-state index contributed by atoms with van der Waals surface area (Å²) in [5.41, 5.74) is 2.05. The van der Waals surface area contributed by atoms with Crippen molar-refractivity contribution >= 4 is 5.91 Å². The van der Waals surface area contributed by atoms with E-state index in [4.69, 9.17) is 0 Å². The number of aromatic nitrogens is 2. The first-order valence-corrected chi connectivity index (χ1v) is 7.36. The standard InChI is InChI=1S/C18H16FN3O/c19-17-5-2-1-4-14(17)10-12-20-18(23)15-6-8-16(9-7-15)22-13-3-11-21-22/h1-9,11,13H,10,12H2,(H,20,23). The molecule has 3 aromatic rings. The number of amides is 1. The summed E-state index contributed by atoms with van der Waals surface area (Å²) in [7, 11) is 0. The van der Waals surface area contributed by atoms with Crippen LogP contribution in [0.1, 0.15) is 15.9 Å². The van der Waals surface area contributed by atoms with Crippen molar-refractivity contribution in [2.24, 2.45) is 0 Å². The van der Waals surface area contributed by atoms with E-state index in [0.29, 0.717) is 24.1 Å². The van der Waals surface area contributed by atoms with Crippen LogP contribution in [0.3, 0.4) is 0 Å². The average molecular weight is 309 g/mol. The van der Waals surface area contributed by atoms with E-state index < -0.39 is 0 Å². The van der Waals surface area contributed by atoms with Gasteiger partial charge in [-0.2, -0.15) is 5.10 Å². The van der Waals surface area contributed by atoms with E-state index in [9.17, 15) is 9.18 Å². The summed E-state index contributed by atoms with van der Waals surface area (Å²) in [6, 6.07) is 15.6. The minimum atomic E-state index is -0.245. The number of carbonyl (C=O) groups excluding carboxylic acids is 1. The zero-order chi connectivity index (χ0) is 16.1. The van der Waals surface area contributed by atoms with Gasteiger partial charge in [-0.3, -0.25) is 4.79 Å². The molecule has 5 heteroatoms. The molecule has 0 aliphatic carbocycles. The second kappa shape index (κ2) is 6.87. The minimum Gasteiger partial charge on any atom is -0.352 e. The Morgan fingerprint density at radius 3 is 2.57 bits per heavy atom. The molecule has 116 valence electrons. The highest BCUT2D eigenvalue weighted by Crippen LogP contribution is 2.09. The highest BCUT2D eigenvalue weighted by molar-refractivity contribution is 5.94. The number of nitrogens with one attached hydrogen (secondary N) is 1. The van der Waals surface area contributed by atoms with Gasteiger partial charge in [0.25, 0.3) is 5.91 Å². The summed E-state index contributed by atoms with van der Waals surface area (Å²) in [5, 5.41) is 6.93. The van der Waals surface area contributed by atoms with E-state index in [1.807, 2.05) is 24.4 Å². The van der Waals surface area contributed by atoms with E-state index in [1.165, 1.54) is 6.07 Å². The van der Waals surface area contributed by atoms with Crippen LogP contribution in [-0.2, 0) is 6.42 Å².